The molecule has 0 aromatic carbocycles. The van der Waals surface area contributed by atoms with Crippen molar-refractivity contribution in [1.29, 1.82) is 0 Å². The van der Waals surface area contributed by atoms with Crippen molar-refractivity contribution in [3.63, 3.8) is 0 Å². The average molecular weight is 390 g/mol. The number of rotatable bonds is 4. The molecule has 1 unspecified atom stereocenters. The molecule has 1 fully saturated rings. The predicted octanol–water partition coefficient (Wildman–Crippen LogP) is 3.34. The van der Waals surface area contributed by atoms with E-state index >= 15 is 0 Å². The van der Waals surface area contributed by atoms with E-state index in [-0.39, 0.29) is 5.91 Å². The standard InChI is InChI=1S/C17H16ClN5O2S/c18-14-4-3-13(26-14)17(24)23-7-1-2-11(10-23)8-15-21-16(22-25-15)12-9-19-5-6-20-12/h3-6,9,11H,1-2,7-8,10H2. The lowest BCUT2D eigenvalue weighted by Crippen LogP contribution is -2.40. The Morgan fingerprint density at radius 3 is 3.08 bits per heavy atom. The number of hydrogen-bond donors (Lipinski definition) is 0. The molecule has 9 heteroatoms. The Morgan fingerprint density at radius 2 is 2.31 bits per heavy atom. The van der Waals surface area contributed by atoms with Gasteiger partial charge in [-0.25, -0.2) is 4.98 Å². The molecule has 0 aliphatic carbocycles. The van der Waals surface area contributed by atoms with Crippen LogP contribution in [0.25, 0.3) is 11.5 Å². The fourth-order valence-corrected chi connectivity index (χ4v) is 4.12. The molecule has 0 radical (unpaired) electrons. The quantitative estimate of drug-likeness (QED) is 0.680. The third-order valence-electron chi connectivity index (χ3n) is 4.31. The highest BCUT2D eigenvalue weighted by Gasteiger charge is 2.27. The summed E-state index contributed by atoms with van der Waals surface area (Å²) in [6.07, 6.45) is 7.41. The Kier molecular flexibility index (Phi) is 4.94. The van der Waals surface area contributed by atoms with Gasteiger partial charge in [0, 0.05) is 31.9 Å². The van der Waals surface area contributed by atoms with Crippen LogP contribution in [0.5, 0.6) is 0 Å². The first-order valence-electron chi connectivity index (χ1n) is 8.32. The van der Waals surface area contributed by atoms with E-state index in [1.54, 1.807) is 30.7 Å². The lowest BCUT2D eigenvalue weighted by molar-refractivity contribution is 0.0673. The van der Waals surface area contributed by atoms with Gasteiger partial charge in [0.1, 0.15) is 5.69 Å². The molecule has 4 heterocycles. The molecule has 0 bridgehead atoms. The monoisotopic (exact) mass is 389 g/mol. The van der Waals surface area contributed by atoms with Crippen molar-refractivity contribution in [1.82, 2.24) is 25.0 Å². The molecule has 134 valence electrons. The molecule has 7 nitrogen and oxygen atoms in total. The summed E-state index contributed by atoms with van der Waals surface area (Å²) in [5.41, 5.74) is 0.581. The largest absolute Gasteiger partial charge is 0.339 e. The molecule has 3 aromatic heterocycles. The number of hydrogen-bond acceptors (Lipinski definition) is 7. The van der Waals surface area contributed by atoms with Crippen molar-refractivity contribution in [2.45, 2.75) is 19.3 Å². The van der Waals surface area contributed by atoms with E-state index in [0.717, 1.165) is 19.4 Å². The highest BCUT2D eigenvalue weighted by molar-refractivity contribution is 7.17. The normalized spacial score (nSPS) is 17.4. The number of nitrogens with zero attached hydrogens (tertiary/aromatic N) is 5. The van der Waals surface area contributed by atoms with Crippen molar-refractivity contribution in [2.75, 3.05) is 13.1 Å². The van der Waals surface area contributed by atoms with Crippen LogP contribution in [0.1, 0.15) is 28.4 Å². The number of carbonyl (C=O) groups excluding carboxylic acids is 1. The minimum atomic E-state index is 0.0392. The van der Waals surface area contributed by atoms with Gasteiger partial charge in [-0.2, -0.15) is 4.98 Å². The topological polar surface area (TPSA) is 85.0 Å². The molecular weight excluding hydrogens is 374 g/mol. The fourth-order valence-electron chi connectivity index (χ4n) is 3.10. The zero-order valence-electron chi connectivity index (χ0n) is 13.8. The maximum Gasteiger partial charge on any atom is 0.263 e. The van der Waals surface area contributed by atoms with Crippen LogP contribution in [0, 0.1) is 5.92 Å². The zero-order valence-corrected chi connectivity index (χ0v) is 15.4. The van der Waals surface area contributed by atoms with Gasteiger partial charge in [-0.15, -0.1) is 11.3 Å². The third-order valence-corrected chi connectivity index (χ3v) is 5.53. The smallest absolute Gasteiger partial charge is 0.263 e. The van der Waals surface area contributed by atoms with Gasteiger partial charge >= 0.3 is 0 Å². The summed E-state index contributed by atoms with van der Waals surface area (Å²) in [6.45, 7) is 1.44. The Bertz CT molecular complexity index is 897. The predicted molar refractivity (Wildman–Crippen MR) is 97.0 cm³/mol. The van der Waals surface area contributed by atoms with Gasteiger partial charge in [-0.05, 0) is 30.9 Å². The Labute approximate surface area is 159 Å². The van der Waals surface area contributed by atoms with Crippen LogP contribution < -0.4 is 0 Å². The number of carbonyl (C=O) groups is 1. The highest BCUT2D eigenvalue weighted by Crippen LogP contribution is 2.26. The van der Waals surface area contributed by atoms with Crippen LogP contribution >= 0.6 is 22.9 Å². The van der Waals surface area contributed by atoms with Gasteiger partial charge in [-0.1, -0.05) is 16.8 Å². The Morgan fingerprint density at radius 1 is 1.38 bits per heavy atom. The maximum atomic E-state index is 12.6. The third kappa shape index (κ3) is 3.76. The van der Waals surface area contributed by atoms with Gasteiger partial charge in [-0.3, -0.25) is 9.78 Å². The first kappa shape index (κ1) is 17.1. The summed E-state index contributed by atoms with van der Waals surface area (Å²) in [5.74, 6) is 1.32. The second kappa shape index (κ2) is 7.51. The molecule has 1 atom stereocenters. The summed E-state index contributed by atoms with van der Waals surface area (Å²) >= 11 is 7.26. The maximum absolute atomic E-state index is 12.6. The number of amides is 1. The first-order chi connectivity index (χ1) is 12.7. The van der Waals surface area contributed by atoms with Gasteiger partial charge in [0.25, 0.3) is 5.91 Å². The van der Waals surface area contributed by atoms with E-state index in [1.165, 1.54) is 11.3 Å². The van der Waals surface area contributed by atoms with Crippen LogP contribution in [0.4, 0.5) is 0 Å². The summed E-state index contributed by atoms with van der Waals surface area (Å²) in [4.78, 5) is 27.8. The van der Waals surface area contributed by atoms with E-state index in [4.69, 9.17) is 16.1 Å². The minimum Gasteiger partial charge on any atom is -0.339 e. The molecule has 0 saturated carbocycles. The van der Waals surface area contributed by atoms with Crippen LogP contribution in [-0.4, -0.2) is 44.0 Å². The molecule has 1 aliphatic rings. The summed E-state index contributed by atoms with van der Waals surface area (Å²) in [5, 5.41) is 3.97. The number of halogens is 1. The SMILES string of the molecule is O=C(c1ccc(Cl)s1)N1CCCC(Cc2nc(-c3cnccn3)no2)C1. The Hall–Kier alpha value is -2.32. The summed E-state index contributed by atoms with van der Waals surface area (Å²) in [6, 6.07) is 3.54. The molecule has 1 amide bonds. The highest BCUT2D eigenvalue weighted by atomic mass is 35.5. The van der Waals surface area contributed by atoms with Gasteiger partial charge in [0.15, 0.2) is 0 Å². The van der Waals surface area contributed by atoms with Crippen molar-refractivity contribution >= 4 is 28.8 Å². The van der Waals surface area contributed by atoms with E-state index in [0.29, 0.717) is 45.5 Å². The summed E-state index contributed by atoms with van der Waals surface area (Å²) in [7, 11) is 0. The molecule has 26 heavy (non-hydrogen) atoms. The number of likely N-dealkylation sites (tertiary alicyclic amines) is 1. The molecule has 1 aliphatic heterocycles. The molecule has 4 rings (SSSR count). The second-order valence-corrected chi connectivity index (χ2v) is 7.88. The lowest BCUT2D eigenvalue weighted by Gasteiger charge is -2.31. The van der Waals surface area contributed by atoms with E-state index < -0.39 is 0 Å². The molecule has 1 saturated heterocycles. The number of thiophene rings is 1. The van der Waals surface area contributed by atoms with E-state index in [1.807, 2.05) is 4.90 Å². The van der Waals surface area contributed by atoms with Crippen LogP contribution in [0.2, 0.25) is 4.34 Å². The molecule has 0 spiro atoms. The zero-order chi connectivity index (χ0) is 17.9. The average Bonchev–Trinajstić information content (AvgIpc) is 3.31. The van der Waals surface area contributed by atoms with Gasteiger partial charge in [0.05, 0.1) is 15.4 Å². The number of aromatic nitrogens is 4. The van der Waals surface area contributed by atoms with Crippen molar-refractivity contribution < 1.29 is 9.32 Å². The van der Waals surface area contributed by atoms with Crippen molar-refractivity contribution in [2.24, 2.45) is 5.92 Å². The van der Waals surface area contributed by atoms with Crippen LogP contribution in [-0.2, 0) is 6.42 Å². The molecule has 0 N–H and O–H groups in total. The first-order valence-corrected chi connectivity index (χ1v) is 9.52. The van der Waals surface area contributed by atoms with E-state index in [2.05, 4.69) is 20.1 Å². The van der Waals surface area contributed by atoms with Crippen LogP contribution in [0.15, 0.2) is 35.2 Å². The Balaban J connectivity index is 1.41. The van der Waals surface area contributed by atoms with Crippen molar-refractivity contribution in [3.8, 4) is 11.5 Å². The molecular formula is C17H16ClN5O2S. The van der Waals surface area contributed by atoms with Crippen LogP contribution in [0.3, 0.4) is 0 Å². The van der Waals surface area contributed by atoms with Crippen molar-refractivity contribution in [3.05, 3.63) is 45.8 Å². The second-order valence-electron chi connectivity index (χ2n) is 6.17. The number of piperidine rings is 1. The lowest BCUT2D eigenvalue weighted by atomic mass is 9.94. The fraction of sp³-hybridized carbons (Fsp3) is 0.353. The minimum absolute atomic E-state index is 0.0392. The summed E-state index contributed by atoms with van der Waals surface area (Å²) < 4.78 is 5.99. The van der Waals surface area contributed by atoms with Gasteiger partial charge in [0.2, 0.25) is 11.7 Å². The van der Waals surface area contributed by atoms with E-state index in [9.17, 15) is 4.79 Å². The van der Waals surface area contributed by atoms with Gasteiger partial charge < -0.3 is 9.42 Å². The molecule has 3 aromatic rings.